The van der Waals surface area contributed by atoms with E-state index < -0.39 is 0 Å². The monoisotopic (exact) mass is 202 g/mol. The van der Waals surface area contributed by atoms with Gasteiger partial charge in [-0.2, -0.15) is 0 Å². The summed E-state index contributed by atoms with van der Waals surface area (Å²) in [5, 5.41) is 0. The third kappa shape index (κ3) is 1.81. The fourth-order valence-corrected chi connectivity index (χ4v) is 1.43. The topological polar surface area (TPSA) is 38.9 Å². The van der Waals surface area contributed by atoms with Gasteiger partial charge in [0.2, 0.25) is 0 Å². The van der Waals surface area contributed by atoms with E-state index in [1.807, 2.05) is 13.0 Å². The van der Waals surface area contributed by atoms with Gasteiger partial charge in [0.05, 0.1) is 0 Å². The molecule has 2 nitrogen and oxygen atoms in total. The molecule has 0 unspecified atom stereocenters. The van der Waals surface area contributed by atoms with Crippen molar-refractivity contribution in [3.63, 3.8) is 0 Å². The van der Waals surface area contributed by atoms with Crippen LogP contribution in [0.4, 0.5) is 10.2 Å². The minimum absolute atomic E-state index is 0.247. The number of hydrogen-bond donors (Lipinski definition) is 1. The van der Waals surface area contributed by atoms with Gasteiger partial charge in [0.1, 0.15) is 11.6 Å². The van der Waals surface area contributed by atoms with E-state index in [1.165, 1.54) is 6.07 Å². The summed E-state index contributed by atoms with van der Waals surface area (Å²) in [6, 6.07) is 8.45. The molecule has 0 saturated heterocycles. The molecule has 0 spiro atoms. The van der Waals surface area contributed by atoms with Crippen molar-refractivity contribution in [3.05, 3.63) is 47.9 Å². The van der Waals surface area contributed by atoms with Crippen LogP contribution in [0, 0.1) is 12.7 Å². The average molecular weight is 202 g/mol. The summed E-state index contributed by atoms with van der Waals surface area (Å²) in [7, 11) is 0. The van der Waals surface area contributed by atoms with Crippen LogP contribution in [0.5, 0.6) is 0 Å². The zero-order valence-corrected chi connectivity index (χ0v) is 8.37. The second kappa shape index (κ2) is 3.69. The van der Waals surface area contributed by atoms with Crippen LogP contribution in [0.15, 0.2) is 36.5 Å². The van der Waals surface area contributed by atoms with Crippen molar-refractivity contribution in [1.29, 1.82) is 0 Å². The van der Waals surface area contributed by atoms with E-state index in [0.717, 1.165) is 11.1 Å². The Labute approximate surface area is 87.6 Å². The fraction of sp³-hybridized carbons (Fsp3) is 0.0833. The number of rotatable bonds is 1. The summed E-state index contributed by atoms with van der Waals surface area (Å²) in [6.07, 6.45) is 1.58. The third-order valence-corrected chi connectivity index (χ3v) is 2.30. The lowest BCUT2D eigenvalue weighted by Gasteiger charge is -2.05. The molecule has 0 saturated carbocycles. The molecule has 0 atom stereocenters. The lowest BCUT2D eigenvalue weighted by atomic mass is 10.1. The normalized spacial score (nSPS) is 10.3. The average Bonchev–Trinajstić information content (AvgIpc) is 2.23. The first-order valence-corrected chi connectivity index (χ1v) is 4.65. The summed E-state index contributed by atoms with van der Waals surface area (Å²) in [5.41, 5.74) is 7.76. The van der Waals surface area contributed by atoms with E-state index in [-0.39, 0.29) is 5.82 Å². The highest BCUT2D eigenvalue weighted by molar-refractivity contribution is 5.65. The van der Waals surface area contributed by atoms with Crippen LogP contribution in [0.25, 0.3) is 11.1 Å². The van der Waals surface area contributed by atoms with Crippen molar-refractivity contribution in [3.8, 4) is 11.1 Å². The lowest BCUT2D eigenvalue weighted by Crippen LogP contribution is -1.94. The molecular weight excluding hydrogens is 191 g/mol. The second-order valence-corrected chi connectivity index (χ2v) is 3.41. The van der Waals surface area contributed by atoms with Crippen LogP contribution < -0.4 is 5.73 Å². The van der Waals surface area contributed by atoms with Crippen LogP contribution >= 0.6 is 0 Å². The number of nitrogens with two attached hydrogens (primary N) is 1. The highest BCUT2D eigenvalue weighted by atomic mass is 19.1. The molecule has 1 aromatic carbocycles. The fourth-order valence-electron chi connectivity index (χ4n) is 1.43. The van der Waals surface area contributed by atoms with Gasteiger partial charge in [-0.1, -0.05) is 18.2 Å². The van der Waals surface area contributed by atoms with E-state index in [2.05, 4.69) is 4.98 Å². The summed E-state index contributed by atoms with van der Waals surface area (Å²) >= 11 is 0. The molecule has 0 amide bonds. The van der Waals surface area contributed by atoms with Gasteiger partial charge in [0.25, 0.3) is 0 Å². The van der Waals surface area contributed by atoms with Gasteiger partial charge in [-0.15, -0.1) is 0 Å². The van der Waals surface area contributed by atoms with Crippen LogP contribution in [0.3, 0.4) is 0 Å². The van der Waals surface area contributed by atoms with Gasteiger partial charge < -0.3 is 5.73 Å². The summed E-state index contributed by atoms with van der Waals surface area (Å²) in [5.74, 6) is 0.235. The van der Waals surface area contributed by atoms with E-state index >= 15 is 0 Å². The molecule has 0 radical (unpaired) electrons. The van der Waals surface area contributed by atoms with Gasteiger partial charge in [0.15, 0.2) is 0 Å². The Bertz CT molecular complexity index is 495. The number of anilines is 1. The van der Waals surface area contributed by atoms with E-state index in [0.29, 0.717) is 11.4 Å². The Balaban J connectivity index is 2.55. The molecule has 0 aliphatic carbocycles. The van der Waals surface area contributed by atoms with Gasteiger partial charge in [-0.05, 0) is 24.6 Å². The van der Waals surface area contributed by atoms with Crippen molar-refractivity contribution in [2.45, 2.75) is 6.92 Å². The van der Waals surface area contributed by atoms with Gasteiger partial charge >= 0.3 is 0 Å². The lowest BCUT2D eigenvalue weighted by molar-refractivity contribution is 0.631. The summed E-state index contributed by atoms with van der Waals surface area (Å²) in [6.45, 7) is 1.85. The Kier molecular flexibility index (Phi) is 2.37. The van der Waals surface area contributed by atoms with Gasteiger partial charge in [-0.25, -0.2) is 9.37 Å². The highest BCUT2D eigenvalue weighted by Crippen LogP contribution is 2.23. The number of benzene rings is 1. The Hall–Kier alpha value is -1.90. The number of nitrogen functional groups attached to an aromatic ring is 1. The Morgan fingerprint density at radius 1 is 1.27 bits per heavy atom. The second-order valence-electron chi connectivity index (χ2n) is 3.41. The molecule has 76 valence electrons. The van der Waals surface area contributed by atoms with Crippen LogP contribution in [-0.2, 0) is 0 Å². The number of aryl methyl sites for hydroxylation is 1. The quantitative estimate of drug-likeness (QED) is 0.772. The van der Waals surface area contributed by atoms with E-state index in [1.54, 1.807) is 24.4 Å². The molecular formula is C12H11FN2. The smallest absolute Gasteiger partial charge is 0.131 e. The molecule has 1 aromatic heterocycles. The molecule has 0 aliphatic rings. The number of halogens is 1. The highest BCUT2D eigenvalue weighted by Gasteiger charge is 2.05. The molecule has 2 aromatic rings. The maximum Gasteiger partial charge on any atom is 0.131 e. The van der Waals surface area contributed by atoms with Crippen molar-refractivity contribution in [2.24, 2.45) is 0 Å². The minimum Gasteiger partial charge on any atom is -0.383 e. The standard InChI is InChI=1S/C12H11FN2/c1-8-6-9(7-15-12(8)14)10-4-2-3-5-11(10)13/h2-7H,1H3,(H2,14,15). The third-order valence-electron chi connectivity index (χ3n) is 2.30. The number of pyridine rings is 1. The molecule has 2 rings (SSSR count). The molecule has 15 heavy (non-hydrogen) atoms. The number of aromatic nitrogens is 1. The van der Waals surface area contributed by atoms with Crippen molar-refractivity contribution >= 4 is 5.82 Å². The molecule has 0 fully saturated rings. The zero-order valence-electron chi connectivity index (χ0n) is 8.37. The maximum absolute atomic E-state index is 13.4. The van der Waals surface area contributed by atoms with Crippen LogP contribution in [-0.4, -0.2) is 4.98 Å². The largest absolute Gasteiger partial charge is 0.383 e. The van der Waals surface area contributed by atoms with Gasteiger partial charge in [0, 0.05) is 17.3 Å². The molecule has 3 heteroatoms. The first kappa shape index (κ1) is 9.65. The Morgan fingerprint density at radius 2 is 2.00 bits per heavy atom. The molecule has 2 N–H and O–H groups in total. The molecule has 1 heterocycles. The van der Waals surface area contributed by atoms with Gasteiger partial charge in [-0.3, -0.25) is 0 Å². The van der Waals surface area contributed by atoms with Crippen LogP contribution in [0.1, 0.15) is 5.56 Å². The molecule has 0 bridgehead atoms. The summed E-state index contributed by atoms with van der Waals surface area (Å²) in [4.78, 5) is 4.01. The zero-order chi connectivity index (χ0) is 10.8. The minimum atomic E-state index is -0.247. The predicted octanol–water partition coefficient (Wildman–Crippen LogP) is 2.78. The van der Waals surface area contributed by atoms with E-state index in [4.69, 9.17) is 5.73 Å². The number of nitrogens with zero attached hydrogens (tertiary/aromatic N) is 1. The van der Waals surface area contributed by atoms with Crippen LogP contribution in [0.2, 0.25) is 0 Å². The maximum atomic E-state index is 13.4. The van der Waals surface area contributed by atoms with E-state index in [9.17, 15) is 4.39 Å². The van der Waals surface area contributed by atoms with Crippen molar-refractivity contribution < 1.29 is 4.39 Å². The summed E-state index contributed by atoms with van der Waals surface area (Å²) < 4.78 is 13.4. The SMILES string of the molecule is Cc1cc(-c2ccccc2F)cnc1N. The van der Waals surface area contributed by atoms with Crippen molar-refractivity contribution in [2.75, 3.05) is 5.73 Å². The first-order chi connectivity index (χ1) is 7.18. The van der Waals surface area contributed by atoms with Crippen molar-refractivity contribution in [1.82, 2.24) is 4.98 Å². The predicted molar refractivity (Wildman–Crippen MR) is 58.8 cm³/mol. The number of hydrogen-bond acceptors (Lipinski definition) is 2. The molecule has 0 aliphatic heterocycles. The Morgan fingerprint density at radius 3 is 2.67 bits per heavy atom. The first-order valence-electron chi connectivity index (χ1n) is 4.65.